The van der Waals surface area contributed by atoms with Crippen molar-refractivity contribution in [2.75, 3.05) is 0 Å². The first-order valence-electron chi connectivity index (χ1n) is 4.71. The highest BCUT2D eigenvalue weighted by Gasteiger charge is 2.27. The number of nitrogens with one attached hydrogen (secondary N) is 1. The summed E-state index contributed by atoms with van der Waals surface area (Å²) in [6, 6.07) is 7.06. The van der Waals surface area contributed by atoms with E-state index >= 15 is 0 Å². The molecule has 86 valence electrons. The van der Waals surface area contributed by atoms with Crippen LogP contribution >= 0.6 is 22.6 Å². The maximum Gasteiger partial charge on any atom is 0.252 e. The van der Waals surface area contributed by atoms with Crippen LogP contribution in [0.2, 0.25) is 0 Å². The van der Waals surface area contributed by atoms with Crippen LogP contribution in [-0.2, 0) is 4.79 Å². The van der Waals surface area contributed by atoms with Gasteiger partial charge in [-0.1, -0.05) is 0 Å². The largest absolute Gasteiger partial charge is 0.368 e. The lowest BCUT2D eigenvalue weighted by molar-refractivity contribution is -0.122. The molecule has 0 radical (unpaired) electrons. The molecule has 0 fully saturated rings. The van der Waals surface area contributed by atoms with Crippen LogP contribution in [0.3, 0.4) is 0 Å². The predicted octanol–water partition coefficient (Wildman–Crippen LogP) is 1.28. The minimum atomic E-state index is -1.04. The monoisotopic (exact) mass is 332 g/mol. The third kappa shape index (κ3) is 3.19. The molecular formula is C11H13IN2O2. The third-order valence-corrected chi connectivity index (χ3v) is 2.87. The normalized spacial score (nSPS) is 10.9. The highest BCUT2D eigenvalue weighted by atomic mass is 127. The highest BCUT2D eigenvalue weighted by molar-refractivity contribution is 14.1. The summed E-state index contributed by atoms with van der Waals surface area (Å²) in [7, 11) is 0. The number of hydrogen-bond donors (Lipinski definition) is 2. The van der Waals surface area contributed by atoms with Gasteiger partial charge in [-0.3, -0.25) is 9.59 Å². The Bertz CT molecular complexity index is 412. The minimum absolute atomic E-state index is 0.305. The van der Waals surface area contributed by atoms with Crippen LogP contribution in [0.25, 0.3) is 0 Å². The van der Waals surface area contributed by atoms with E-state index in [-0.39, 0.29) is 5.91 Å². The van der Waals surface area contributed by atoms with E-state index in [0.29, 0.717) is 5.56 Å². The molecule has 0 aliphatic heterocycles. The van der Waals surface area contributed by atoms with Crippen LogP contribution in [-0.4, -0.2) is 17.4 Å². The second-order valence-corrected chi connectivity index (χ2v) is 5.20. The van der Waals surface area contributed by atoms with E-state index in [1.165, 1.54) is 0 Å². The molecule has 0 spiro atoms. The Morgan fingerprint density at radius 2 is 1.75 bits per heavy atom. The van der Waals surface area contributed by atoms with Crippen molar-refractivity contribution in [1.29, 1.82) is 0 Å². The van der Waals surface area contributed by atoms with Gasteiger partial charge in [0.15, 0.2) is 0 Å². The van der Waals surface area contributed by atoms with E-state index in [9.17, 15) is 9.59 Å². The Kier molecular flexibility index (Phi) is 3.90. The zero-order chi connectivity index (χ0) is 12.3. The molecular weight excluding hydrogens is 319 g/mol. The van der Waals surface area contributed by atoms with Crippen LogP contribution in [0.5, 0.6) is 0 Å². The van der Waals surface area contributed by atoms with Crippen molar-refractivity contribution in [1.82, 2.24) is 5.32 Å². The van der Waals surface area contributed by atoms with E-state index in [1.807, 2.05) is 12.1 Å². The third-order valence-electron chi connectivity index (χ3n) is 2.15. The first-order chi connectivity index (χ1) is 7.33. The molecule has 1 rings (SSSR count). The summed E-state index contributed by atoms with van der Waals surface area (Å²) < 4.78 is 1.04. The van der Waals surface area contributed by atoms with Crippen LogP contribution in [0.1, 0.15) is 24.2 Å². The lowest BCUT2D eigenvalue weighted by Crippen LogP contribution is -2.52. The van der Waals surface area contributed by atoms with Crippen molar-refractivity contribution in [2.45, 2.75) is 19.4 Å². The molecule has 2 amide bonds. The van der Waals surface area contributed by atoms with Crippen molar-refractivity contribution in [3.05, 3.63) is 33.4 Å². The number of halogens is 1. The Hall–Kier alpha value is -1.11. The van der Waals surface area contributed by atoms with Crippen LogP contribution in [0, 0.1) is 3.57 Å². The topological polar surface area (TPSA) is 72.2 Å². The van der Waals surface area contributed by atoms with Gasteiger partial charge in [-0.05, 0) is 60.7 Å². The SMILES string of the molecule is CC(C)(NC(=O)c1ccc(I)cc1)C(N)=O. The fraction of sp³-hybridized carbons (Fsp3) is 0.273. The molecule has 1 aromatic carbocycles. The summed E-state index contributed by atoms with van der Waals surface area (Å²) in [5, 5.41) is 2.58. The van der Waals surface area contributed by atoms with Crippen molar-refractivity contribution >= 4 is 34.4 Å². The number of benzene rings is 1. The van der Waals surface area contributed by atoms with Crippen LogP contribution < -0.4 is 11.1 Å². The fourth-order valence-corrected chi connectivity index (χ4v) is 1.38. The van der Waals surface area contributed by atoms with E-state index in [2.05, 4.69) is 27.9 Å². The molecule has 0 atom stereocenters. The number of carbonyl (C=O) groups excluding carboxylic acids is 2. The van der Waals surface area contributed by atoms with E-state index in [1.54, 1.807) is 26.0 Å². The summed E-state index contributed by atoms with van der Waals surface area (Å²) in [4.78, 5) is 22.8. The van der Waals surface area contributed by atoms with Gasteiger partial charge in [0.2, 0.25) is 5.91 Å². The summed E-state index contributed by atoms with van der Waals surface area (Å²) >= 11 is 2.15. The fourth-order valence-electron chi connectivity index (χ4n) is 1.02. The molecule has 4 nitrogen and oxygen atoms in total. The molecule has 0 unspecified atom stereocenters. The molecule has 3 N–H and O–H groups in total. The summed E-state index contributed by atoms with van der Waals surface area (Å²) in [5.41, 5.74) is 4.63. The Morgan fingerprint density at radius 3 is 2.19 bits per heavy atom. The molecule has 0 saturated carbocycles. The molecule has 0 heterocycles. The maximum atomic E-state index is 11.8. The van der Waals surface area contributed by atoms with Gasteiger partial charge in [0.25, 0.3) is 5.91 Å². The van der Waals surface area contributed by atoms with Crippen molar-refractivity contribution < 1.29 is 9.59 Å². The zero-order valence-electron chi connectivity index (χ0n) is 9.08. The standard InChI is InChI=1S/C11H13IN2O2/c1-11(2,10(13)16)14-9(15)7-3-5-8(12)6-4-7/h3-6H,1-2H3,(H2,13,16)(H,14,15). The molecule has 0 aliphatic carbocycles. The highest BCUT2D eigenvalue weighted by Crippen LogP contribution is 2.08. The van der Waals surface area contributed by atoms with Gasteiger partial charge in [0, 0.05) is 9.13 Å². The van der Waals surface area contributed by atoms with E-state index in [0.717, 1.165) is 3.57 Å². The average molecular weight is 332 g/mol. The first-order valence-corrected chi connectivity index (χ1v) is 5.79. The number of amides is 2. The lowest BCUT2D eigenvalue weighted by Gasteiger charge is -2.22. The predicted molar refractivity (Wildman–Crippen MR) is 69.9 cm³/mol. The number of rotatable bonds is 3. The number of hydrogen-bond acceptors (Lipinski definition) is 2. The van der Waals surface area contributed by atoms with Gasteiger partial charge >= 0.3 is 0 Å². The van der Waals surface area contributed by atoms with Crippen molar-refractivity contribution in [3.8, 4) is 0 Å². The molecule has 0 bridgehead atoms. The quantitative estimate of drug-likeness (QED) is 0.819. The Labute approximate surface area is 108 Å². The van der Waals surface area contributed by atoms with Gasteiger partial charge < -0.3 is 11.1 Å². The lowest BCUT2D eigenvalue weighted by atomic mass is 10.0. The van der Waals surface area contributed by atoms with Crippen molar-refractivity contribution in [3.63, 3.8) is 0 Å². The van der Waals surface area contributed by atoms with Gasteiger partial charge in [-0.15, -0.1) is 0 Å². The number of carbonyl (C=O) groups is 2. The van der Waals surface area contributed by atoms with E-state index in [4.69, 9.17) is 5.73 Å². The van der Waals surface area contributed by atoms with E-state index < -0.39 is 11.4 Å². The number of nitrogens with two attached hydrogens (primary N) is 1. The summed E-state index contributed by atoms with van der Waals surface area (Å²) in [6.07, 6.45) is 0. The second-order valence-electron chi connectivity index (χ2n) is 3.95. The first kappa shape index (κ1) is 13.0. The van der Waals surface area contributed by atoms with Gasteiger partial charge in [-0.2, -0.15) is 0 Å². The molecule has 1 aromatic rings. The van der Waals surface area contributed by atoms with Gasteiger partial charge in [0.05, 0.1) is 0 Å². The Morgan fingerprint density at radius 1 is 1.25 bits per heavy atom. The van der Waals surface area contributed by atoms with Crippen LogP contribution in [0.15, 0.2) is 24.3 Å². The minimum Gasteiger partial charge on any atom is -0.368 e. The van der Waals surface area contributed by atoms with Gasteiger partial charge in [-0.25, -0.2) is 0 Å². The molecule has 0 aliphatic rings. The summed E-state index contributed by atoms with van der Waals surface area (Å²) in [5.74, 6) is -0.869. The molecule has 0 saturated heterocycles. The molecule has 5 heteroatoms. The zero-order valence-corrected chi connectivity index (χ0v) is 11.2. The molecule has 16 heavy (non-hydrogen) atoms. The smallest absolute Gasteiger partial charge is 0.252 e. The Balaban J connectivity index is 2.81. The van der Waals surface area contributed by atoms with Gasteiger partial charge in [0.1, 0.15) is 5.54 Å². The van der Waals surface area contributed by atoms with Crippen LogP contribution in [0.4, 0.5) is 0 Å². The van der Waals surface area contributed by atoms with Crippen molar-refractivity contribution in [2.24, 2.45) is 5.73 Å². The second kappa shape index (κ2) is 4.82. The number of primary amides is 1. The average Bonchev–Trinajstić information content (AvgIpc) is 2.17. The molecule has 0 aromatic heterocycles. The maximum absolute atomic E-state index is 11.8. The summed E-state index contributed by atoms with van der Waals surface area (Å²) in [6.45, 7) is 3.14.